The maximum absolute atomic E-state index is 12.9. The largest absolute Gasteiger partial charge is 0.454 e. The number of hydrogen-bond donors (Lipinski definition) is 1. The van der Waals surface area contributed by atoms with E-state index in [9.17, 15) is 4.79 Å². The first kappa shape index (κ1) is 18.3. The summed E-state index contributed by atoms with van der Waals surface area (Å²) in [4.78, 5) is 19.3. The number of ether oxygens (including phenoxy) is 2. The predicted molar refractivity (Wildman–Crippen MR) is 104 cm³/mol. The van der Waals surface area contributed by atoms with Gasteiger partial charge in [-0.3, -0.25) is 10.1 Å². The van der Waals surface area contributed by atoms with Gasteiger partial charge in [0.1, 0.15) is 5.01 Å². The van der Waals surface area contributed by atoms with Crippen molar-refractivity contribution >= 4 is 17.2 Å². The molecule has 7 heteroatoms. The van der Waals surface area contributed by atoms with E-state index in [0.717, 1.165) is 34.9 Å². The topological polar surface area (TPSA) is 63.7 Å². The van der Waals surface area contributed by atoms with Crippen LogP contribution in [0.1, 0.15) is 43.2 Å². The second-order valence-corrected chi connectivity index (χ2v) is 7.97. The summed E-state index contributed by atoms with van der Waals surface area (Å²) in [5, 5.41) is 6.67. The molecule has 1 saturated carbocycles. The third-order valence-electron chi connectivity index (χ3n) is 5.42. The molecule has 1 fully saturated rings. The Morgan fingerprint density at radius 3 is 2.85 bits per heavy atom. The molecule has 1 N–H and O–H groups in total. The summed E-state index contributed by atoms with van der Waals surface area (Å²) in [6, 6.07) is 5.86. The molecule has 4 rings (SSSR count). The van der Waals surface area contributed by atoms with Crippen molar-refractivity contribution in [1.82, 2.24) is 15.2 Å². The Morgan fingerprint density at radius 1 is 1.30 bits per heavy atom. The summed E-state index contributed by atoms with van der Waals surface area (Å²) in [7, 11) is 0. The lowest BCUT2D eigenvalue weighted by molar-refractivity contribution is -0.131. The second kappa shape index (κ2) is 7.86. The number of amides is 1. The van der Waals surface area contributed by atoms with Crippen molar-refractivity contribution in [3.05, 3.63) is 40.3 Å². The van der Waals surface area contributed by atoms with Crippen molar-refractivity contribution in [1.29, 1.82) is 0 Å². The number of carbonyl (C=O) groups excluding carboxylic acids is 1. The molecule has 1 aromatic heterocycles. The zero-order valence-electron chi connectivity index (χ0n) is 15.6. The Hall–Kier alpha value is -2.12. The quantitative estimate of drug-likeness (QED) is 0.790. The van der Waals surface area contributed by atoms with E-state index in [4.69, 9.17) is 9.47 Å². The number of nitrogens with one attached hydrogen (secondary N) is 1. The zero-order valence-corrected chi connectivity index (χ0v) is 16.4. The molecule has 6 nitrogen and oxygen atoms in total. The molecule has 1 aliphatic carbocycles. The molecule has 0 bridgehead atoms. The van der Waals surface area contributed by atoms with Gasteiger partial charge in [-0.15, -0.1) is 11.3 Å². The lowest BCUT2D eigenvalue weighted by Crippen LogP contribution is -2.46. The maximum atomic E-state index is 12.9. The van der Waals surface area contributed by atoms with E-state index in [0.29, 0.717) is 19.6 Å². The van der Waals surface area contributed by atoms with Gasteiger partial charge in [-0.25, -0.2) is 4.98 Å². The Morgan fingerprint density at radius 2 is 2.11 bits per heavy atom. The van der Waals surface area contributed by atoms with Crippen molar-refractivity contribution in [3.8, 4) is 11.5 Å². The Labute approximate surface area is 163 Å². The predicted octanol–water partition coefficient (Wildman–Crippen LogP) is 3.28. The number of aromatic nitrogens is 1. The van der Waals surface area contributed by atoms with Crippen LogP contribution < -0.4 is 14.8 Å². The fourth-order valence-corrected chi connectivity index (χ4v) is 4.77. The molecule has 27 heavy (non-hydrogen) atoms. The van der Waals surface area contributed by atoms with E-state index in [1.54, 1.807) is 11.3 Å². The van der Waals surface area contributed by atoms with Crippen LogP contribution in [0.4, 0.5) is 0 Å². The van der Waals surface area contributed by atoms with E-state index < -0.39 is 0 Å². The number of nitrogens with zero attached hydrogens (tertiary/aromatic N) is 2. The fourth-order valence-electron chi connectivity index (χ4n) is 3.90. The molecule has 1 aromatic carbocycles. The van der Waals surface area contributed by atoms with Gasteiger partial charge < -0.3 is 14.4 Å². The number of carbonyl (C=O) groups is 1. The van der Waals surface area contributed by atoms with Gasteiger partial charge in [0.15, 0.2) is 11.5 Å². The molecule has 144 valence electrons. The molecule has 0 atom stereocenters. The van der Waals surface area contributed by atoms with Crippen molar-refractivity contribution in [2.75, 3.05) is 19.9 Å². The van der Waals surface area contributed by atoms with Crippen molar-refractivity contribution in [2.45, 2.75) is 44.7 Å². The summed E-state index contributed by atoms with van der Waals surface area (Å²) < 4.78 is 10.8. The minimum Gasteiger partial charge on any atom is -0.454 e. The first-order chi connectivity index (χ1) is 13.2. The highest BCUT2D eigenvalue weighted by Gasteiger charge is 2.38. The molecule has 0 spiro atoms. The van der Waals surface area contributed by atoms with Crippen LogP contribution in [-0.4, -0.2) is 35.7 Å². The van der Waals surface area contributed by atoms with Gasteiger partial charge in [-0.2, -0.15) is 0 Å². The lowest BCUT2D eigenvalue weighted by atomic mass is 9.98. The van der Waals surface area contributed by atoms with Gasteiger partial charge in [-0.1, -0.05) is 18.9 Å². The molecular weight excluding hydrogens is 362 g/mol. The first-order valence-electron chi connectivity index (χ1n) is 9.51. The average Bonchev–Trinajstić information content (AvgIpc) is 3.45. The number of hydrogen-bond acceptors (Lipinski definition) is 6. The highest BCUT2D eigenvalue weighted by Crippen LogP contribution is 2.39. The van der Waals surface area contributed by atoms with Gasteiger partial charge >= 0.3 is 0 Å². The Bertz CT molecular complexity index is 788. The van der Waals surface area contributed by atoms with Gasteiger partial charge in [0, 0.05) is 24.7 Å². The molecule has 0 saturated heterocycles. The van der Waals surface area contributed by atoms with Gasteiger partial charge in [-0.05, 0) is 37.5 Å². The molecule has 2 aromatic rings. The summed E-state index contributed by atoms with van der Waals surface area (Å²) in [5.74, 6) is 1.63. The monoisotopic (exact) mass is 387 g/mol. The third kappa shape index (κ3) is 3.80. The van der Waals surface area contributed by atoms with E-state index in [2.05, 4.69) is 10.3 Å². The maximum Gasteiger partial charge on any atom is 0.236 e. The van der Waals surface area contributed by atoms with Crippen LogP contribution in [-0.2, 0) is 16.9 Å². The third-order valence-corrected chi connectivity index (χ3v) is 6.40. The Balaban J connectivity index is 1.40. The summed E-state index contributed by atoms with van der Waals surface area (Å²) in [6.07, 6.45) is 6.29. The smallest absolute Gasteiger partial charge is 0.236 e. The minimum atomic E-state index is -0.137. The van der Waals surface area contributed by atoms with Crippen LogP contribution in [0.25, 0.3) is 0 Å². The molecule has 0 radical (unpaired) electrons. The molecule has 2 heterocycles. The van der Waals surface area contributed by atoms with Crippen molar-refractivity contribution in [3.63, 3.8) is 0 Å². The number of likely N-dealkylation sites (N-methyl/N-ethyl adjacent to an activating group) is 1. The first-order valence-corrected chi connectivity index (χ1v) is 10.4. The van der Waals surface area contributed by atoms with Crippen LogP contribution in [0, 0.1) is 0 Å². The van der Waals surface area contributed by atoms with Crippen LogP contribution in [0.15, 0.2) is 29.8 Å². The molecule has 2 aliphatic rings. The number of rotatable bonds is 7. The van der Waals surface area contributed by atoms with Crippen LogP contribution in [0.5, 0.6) is 11.5 Å². The lowest BCUT2D eigenvalue weighted by Gasteiger charge is -2.30. The summed E-state index contributed by atoms with van der Waals surface area (Å²) in [5.41, 5.74) is 0.909. The SMILES string of the molecule is CCN(Cc1ccc2c(c1)OCO2)C(=O)CNC1(c2nccs2)CCCC1. The van der Waals surface area contributed by atoms with Crippen LogP contribution >= 0.6 is 11.3 Å². The van der Waals surface area contributed by atoms with E-state index in [1.165, 1.54) is 12.8 Å². The van der Waals surface area contributed by atoms with Crippen molar-refractivity contribution < 1.29 is 14.3 Å². The number of fused-ring (bicyclic) bond motifs is 1. The Kier molecular flexibility index (Phi) is 5.31. The zero-order chi connectivity index (χ0) is 18.7. The molecular formula is C20H25N3O3S. The minimum absolute atomic E-state index is 0.109. The van der Waals surface area contributed by atoms with Gasteiger partial charge in [0.25, 0.3) is 0 Å². The van der Waals surface area contributed by atoms with E-state index >= 15 is 0 Å². The highest BCUT2D eigenvalue weighted by atomic mass is 32.1. The van der Waals surface area contributed by atoms with Crippen LogP contribution in [0.3, 0.4) is 0 Å². The normalized spacial score (nSPS) is 17.2. The molecule has 1 aliphatic heterocycles. The fraction of sp³-hybridized carbons (Fsp3) is 0.500. The highest BCUT2D eigenvalue weighted by molar-refractivity contribution is 7.09. The van der Waals surface area contributed by atoms with Gasteiger partial charge in [0.05, 0.1) is 12.1 Å². The standard InChI is InChI=1S/C20H25N3O3S/c1-2-23(13-15-5-6-16-17(11-15)26-14-25-16)18(24)12-22-20(7-3-4-8-20)19-21-9-10-27-19/h5-6,9-11,22H,2-4,7-8,12-14H2,1H3. The van der Waals surface area contributed by atoms with Crippen molar-refractivity contribution in [2.24, 2.45) is 0 Å². The summed E-state index contributed by atoms with van der Waals surface area (Å²) >= 11 is 1.67. The van der Waals surface area contributed by atoms with Crippen LogP contribution in [0.2, 0.25) is 0 Å². The molecule has 1 amide bonds. The van der Waals surface area contributed by atoms with E-state index in [1.807, 2.05) is 41.6 Å². The summed E-state index contributed by atoms with van der Waals surface area (Å²) in [6.45, 7) is 3.84. The average molecular weight is 388 g/mol. The molecule has 0 unspecified atom stereocenters. The number of benzene rings is 1. The van der Waals surface area contributed by atoms with Gasteiger partial charge in [0.2, 0.25) is 12.7 Å². The van der Waals surface area contributed by atoms with E-state index in [-0.39, 0.29) is 18.2 Å². The number of thiazole rings is 1. The second-order valence-electron chi connectivity index (χ2n) is 7.08.